The summed E-state index contributed by atoms with van der Waals surface area (Å²) in [6.07, 6.45) is -0.0996. The molecule has 58 valence electrons. The van der Waals surface area contributed by atoms with Gasteiger partial charge in [-0.3, -0.25) is 0 Å². The molecule has 3 atom stereocenters. The van der Waals surface area contributed by atoms with Crippen molar-refractivity contribution >= 4 is 0 Å². The molecule has 0 bridgehead atoms. The molecule has 0 aromatic heterocycles. The lowest BCUT2D eigenvalue weighted by atomic mass is 10.1. The van der Waals surface area contributed by atoms with Crippen LogP contribution in [-0.2, 0) is 0 Å². The highest BCUT2D eigenvalue weighted by Crippen LogP contribution is 2.46. The monoisotopic (exact) mass is 148 g/mol. The van der Waals surface area contributed by atoms with Crippen molar-refractivity contribution in [2.45, 2.75) is 18.9 Å². The Morgan fingerprint density at radius 3 is 2.18 bits per heavy atom. The highest BCUT2D eigenvalue weighted by Gasteiger charge is 2.46. The summed E-state index contributed by atoms with van der Waals surface area (Å²) in [6, 6.07) is 10.2. The zero-order valence-corrected chi connectivity index (χ0v) is 6.57. The van der Waals surface area contributed by atoms with Crippen LogP contribution in [0, 0.1) is 5.92 Å². The van der Waals surface area contributed by atoms with E-state index in [2.05, 4.69) is 19.1 Å². The Labute approximate surface area is 66.7 Å². The van der Waals surface area contributed by atoms with Crippen LogP contribution in [0.3, 0.4) is 0 Å². The minimum absolute atomic E-state index is 0.0996. The zero-order valence-electron chi connectivity index (χ0n) is 6.57. The van der Waals surface area contributed by atoms with E-state index in [1.54, 1.807) is 0 Å². The Balaban J connectivity index is 2.20. The van der Waals surface area contributed by atoms with Gasteiger partial charge in [0.15, 0.2) is 0 Å². The molecule has 11 heavy (non-hydrogen) atoms. The van der Waals surface area contributed by atoms with Crippen molar-refractivity contribution in [2.24, 2.45) is 5.92 Å². The molecule has 1 saturated carbocycles. The maximum absolute atomic E-state index is 9.35. The van der Waals surface area contributed by atoms with Crippen LogP contribution in [0.5, 0.6) is 0 Å². The number of hydrogen-bond donors (Lipinski definition) is 1. The van der Waals surface area contributed by atoms with Gasteiger partial charge in [-0.25, -0.2) is 0 Å². The first-order valence-electron chi connectivity index (χ1n) is 4.03. The molecule has 1 heteroatoms. The number of rotatable bonds is 1. The summed E-state index contributed by atoms with van der Waals surface area (Å²) in [7, 11) is 0. The first-order valence-corrected chi connectivity index (χ1v) is 4.03. The minimum Gasteiger partial charge on any atom is -0.392 e. The molecule has 1 aromatic carbocycles. The Hall–Kier alpha value is -0.820. The fourth-order valence-corrected chi connectivity index (χ4v) is 1.62. The van der Waals surface area contributed by atoms with E-state index in [9.17, 15) is 5.11 Å². The van der Waals surface area contributed by atoms with Crippen LogP contribution in [0.1, 0.15) is 18.4 Å². The lowest BCUT2D eigenvalue weighted by Crippen LogP contribution is -1.83. The molecule has 3 unspecified atom stereocenters. The third kappa shape index (κ3) is 1.05. The molecule has 0 spiro atoms. The Kier molecular flexibility index (Phi) is 1.46. The molecular formula is C10H12O. The van der Waals surface area contributed by atoms with Crippen molar-refractivity contribution in [2.75, 3.05) is 0 Å². The van der Waals surface area contributed by atoms with Gasteiger partial charge in [0, 0.05) is 5.92 Å². The third-order valence-electron chi connectivity index (χ3n) is 2.52. The maximum atomic E-state index is 9.35. The van der Waals surface area contributed by atoms with Crippen LogP contribution < -0.4 is 0 Å². The van der Waals surface area contributed by atoms with Crippen LogP contribution >= 0.6 is 0 Å². The van der Waals surface area contributed by atoms with Crippen LogP contribution in [-0.4, -0.2) is 11.2 Å². The van der Waals surface area contributed by atoms with Gasteiger partial charge in [-0.2, -0.15) is 0 Å². The Morgan fingerprint density at radius 1 is 1.18 bits per heavy atom. The van der Waals surface area contributed by atoms with E-state index in [1.807, 2.05) is 18.2 Å². The molecule has 1 nitrogen and oxygen atoms in total. The van der Waals surface area contributed by atoms with E-state index in [0.717, 1.165) is 0 Å². The van der Waals surface area contributed by atoms with Gasteiger partial charge in [-0.1, -0.05) is 37.3 Å². The second kappa shape index (κ2) is 2.35. The fourth-order valence-electron chi connectivity index (χ4n) is 1.62. The maximum Gasteiger partial charge on any atom is 0.0644 e. The van der Waals surface area contributed by atoms with Gasteiger partial charge in [0.05, 0.1) is 6.10 Å². The van der Waals surface area contributed by atoms with E-state index in [1.165, 1.54) is 5.56 Å². The predicted octanol–water partition coefficient (Wildman–Crippen LogP) is 1.78. The van der Waals surface area contributed by atoms with Gasteiger partial charge in [0.1, 0.15) is 0 Å². The lowest BCUT2D eigenvalue weighted by molar-refractivity contribution is 0.258. The topological polar surface area (TPSA) is 20.2 Å². The van der Waals surface area contributed by atoms with Gasteiger partial charge >= 0.3 is 0 Å². The summed E-state index contributed by atoms with van der Waals surface area (Å²) >= 11 is 0. The highest BCUT2D eigenvalue weighted by molar-refractivity contribution is 5.28. The lowest BCUT2D eigenvalue weighted by Gasteiger charge is -1.94. The number of benzene rings is 1. The molecule has 1 aliphatic rings. The molecule has 1 fully saturated rings. The van der Waals surface area contributed by atoms with E-state index >= 15 is 0 Å². The Bertz CT molecular complexity index is 234. The first kappa shape index (κ1) is 6.86. The van der Waals surface area contributed by atoms with Crippen LogP contribution in [0.25, 0.3) is 0 Å². The van der Waals surface area contributed by atoms with Crippen LogP contribution in [0.4, 0.5) is 0 Å². The number of aliphatic hydroxyl groups is 1. The minimum atomic E-state index is -0.0996. The first-order chi connectivity index (χ1) is 5.30. The summed E-state index contributed by atoms with van der Waals surface area (Å²) in [6.45, 7) is 2.09. The second-order valence-electron chi connectivity index (χ2n) is 3.29. The van der Waals surface area contributed by atoms with Gasteiger partial charge < -0.3 is 5.11 Å². The average molecular weight is 148 g/mol. The Morgan fingerprint density at radius 2 is 1.73 bits per heavy atom. The summed E-state index contributed by atoms with van der Waals surface area (Å²) in [5.74, 6) is 0.855. The third-order valence-corrected chi connectivity index (χ3v) is 2.52. The molecule has 0 aliphatic heterocycles. The molecule has 1 N–H and O–H groups in total. The summed E-state index contributed by atoms with van der Waals surface area (Å²) in [5.41, 5.74) is 1.27. The number of hydrogen-bond acceptors (Lipinski definition) is 1. The standard InChI is InChI=1S/C10H12O/c1-7-9(10(7)11)8-5-3-2-4-6-8/h2-7,9-11H,1H3. The van der Waals surface area contributed by atoms with E-state index in [0.29, 0.717) is 11.8 Å². The van der Waals surface area contributed by atoms with Gasteiger partial charge in [0.2, 0.25) is 0 Å². The van der Waals surface area contributed by atoms with Crippen molar-refractivity contribution in [1.82, 2.24) is 0 Å². The van der Waals surface area contributed by atoms with Crippen molar-refractivity contribution in [3.05, 3.63) is 35.9 Å². The largest absolute Gasteiger partial charge is 0.392 e. The molecule has 0 amide bonds. The van der Waals surface area contributed by atoms with Crippen LogP contribution in [0.2, 0.25) is 0 Å². The van der Waals surface area contributed by atoms with E-state index < -0.39 is 0 Å². The second-order valence-corrected chi connectivity index (χ2v) is 3.29. The molecule has 0 heterocycles. The molecule has 1 aliphatic carbocycles. The smallest absolute Gasteiger partial charge is 0.0644 e. The molecule has 0 radical (unpaired) electrons. The predicted molar refractivity (Wildman–Crippen MR) is 44.4 cm³/mol. The molecule has 1 aromatic rings. The molecular weight excluding hydrogens is 136 g/mol. The van der Waals surface area contributed by atoms with Crippen molar-refractivity contribution in [3.8, 4) is 0 Å². The SMILES string of the molecule is CC1C(O)C1c1ccccc1. The van der Waals surface area contributed by atoms with Crippen molar-refractivity contribution in [3.63, 3.8) is 0 Å². The average Bonchev–Trinajstić information content (AvgIpc) is 2.62. The van der Waals surface area contributed by atoms with Gasteiger partial charge in [0.25, 0.3) is 0 Å². The van der Waals surface area contributed by atoms with Gasteiger partial charge in [-0.05, 0) is 11.5 Å². The summed E-state index contributed by atoms with van der Waals surface area (Å²) in [4.78, 5) is 0. The number of aliphatic hydroxyl groups excluding tert-OH is 1. The summed E-state index contributed by atoms with van der Waals surface area (Å²) in [5, 5.41) is 9.35. The molecule has 2 rings (SSSR count). The molecule has 0 saturated heterocycles. The normalized spacial score (nSPS) is 35.3. The van der Waals surface area contributed by atoms with Crippen LogP contribution in [0.15, 0.2) is 30.3 Å². The fraction of sp³-hybridized carbons (Fsp3) is 0.400. The van der Waals surface area contributed by atoms with Crippen molar-refractivity contribution < 1.29 is 5.11 Å². The zero-order chi connectivity index (χ0) is 7.84. The van der Waals surface area contributed by atoms with E-state index in [-0.39, 0.29) is 6.10 Å². The quantitative estimate of drug-likeness (QED) is 0.643. The van der Waals surface area contributed by atoms with Crippen molar-refractivity contribution in [1.29, 1.82) is 0 Å². The summed E-state index contributed by atoms with van der Waals surface area (Å²) < 4.78 is 0. The van der Waals surface area contributed by atoms with E-state index in [4.69, 9.17) is 0 Å². The van der Waals surface area contributed by atoms with Gasteiger partial charge in [-0.15, -0.1) is 0 Å². The highest BCUT2D eigenvalue weighted by atomic mass is 16.3.